The minimum Gasteiger partial charge on any atom is -0.398 e. The van der Waals surface area contributed by atoms with Crippen molar-refractivity contribution in [3.63, 3.8) is 0 Å². The molecule has 2 N–H and O–H groups in total. The summed E-state index contributed by atoms with van der Waals surface area (Å²) in [6, 6.07) is 7.45. The zero-order valence-corrected chi connectivity index (χ0v) is 9.53. The highest BCUT2D eigenvalue weighted by molar-refractivity contribution is 7.99. The number of nitriles is 1. The lowest BCUT2D eigenvalue weighted by Crippen LogP contribution is -1.89. The van der Waals surface area contributed by atoms with Gasteiger partial charge in [-0.05, 0) is 18.2 Å². The third kappa shape index (κ3) is 2.18. The third-order valence-electron chi connectivity index (χ3n) is 2.06. The monoisotopic (exact) mass is 230 g/mol. The summed E-state index contributed by atoms with van der Waals surface area (Å²) in [6.07, 6.45) is 3.72. The maximum atomic E-state index is 8.75. The van der Waals surface area contributed by atoms with Crippen LogP contribution < -0.4 is 5.73 Å². The number of nitrogens with two attached hydrogens (primary N) is 1. The predicted octanol–water partition coefficient (Wildman–Crippen LogP) is 2.03. The van der Waals surface area contributed by atoms with E-state index in [1.807, 2.05) is 25.4 Å². The van der Waals surface area contributed by atoms with Crippen LogP contribution in [0.2, 0.25) is 0 Å². The van der Waals surface area contributed by atoms with Gasteiger partial charge in [-0.15, -0.1) is 0 Å². The van der Waals surface area contributed by atoms with Gasteiger partial charge in [0.15, 0.2) is 0 Å². The van der Waals surface area contributed by atoms with Crippen molar-refractivity contribution >= 4 is 17.4 Å². The average molecular weight is 230 g/mol. The Morgan fingerprint density at radius 2 is 2.25 bits per heavy atom. The average Bonchev–Trinajstić information content (AvgIpc) is 2.64. The number of hydrogen-bond acceptors (Lipinski definition) is 4. The summed E-state index contributed by atoms with van der Waals surface area (Å²) in [5.74, 6) is 0. The molecule has 0 aliphatic carbocycles. The number of anilines is 1. The molecule has 16 heavy (non-hydrogen) atoms. The summed E-state index contributed by atoms with van der Waals surface area (Å²) >= 11 is 1.57. The van der Waals surface area contributed by atoms with Crippen LogP contribution in [0.15, 0.2) is 40.4 Å². The van der Waals surface area contributed by atoms with Crippen LogP contribution in [0.25, 0.3) is 0 Å². The van der Waals surface area contributed by atoms with Crippen molar-refractivity contribution in [2.75, 3.05) is 5.73 Å². The van der Waals surface area contributed by atoms with E-state index < -0.39 is 0 Å². The first-order chi connectivity index (χ1) is 7.69. The second kappa shape index (κ2) is 4.29. The Hall–Kier alpha value is -1.93. The van der Waals surface area contributed by atoms with Crippen LogP contribution in [-0.4, -0.2) is 9.78 Å². The molecule has 0 atom stereocenters. The molecule has 0 bridgehead atoms. The molecule has 4 nitrogen and oxygen atoms in total. The Bertz CT molecular complexity index is 553. The maximum absolute atomic E-state index is 8.75. The van der Waals surface area contributed by atoms with Gasteiger partial charge in [-0.2, -0.15) is 10.4 Å². The molecule has 80 valence electrons. The molecular weight excluding hydrogens is 220 g/mol. The number of hydrogen-bond donors (Lipinski definition) is 1. The molecule has 2 rings (SSSR count). The lowest BCUT2D eigenvalue weighted by atomic mass is 10.2. The Morgan fingerprint density at radius 3 is 2.81 bits per heavy atom. The van der Waals surface area contributed by atoms with E-state index in [-0.39, 0.29) is 0 Å². The van der Waals surface area contributed by atoms with Crippen molar-refractivity contribution in [1.29, 1.82) is 5.26 Å². The summed E-state index contributed by atoms with van der Waals surface area (Å²) in [5, 5.41) is 12.8. The number of nitrogens with zero attached hydrogens (tertiary/aromatic N) is 3. The van der Waals surface area contributed by atoms with Crippen molar-refractivity contribution in [2.24, 2.45) is 7.05 Å². The number of aryl methyl sites for hydroxylation is 1. The van der Waals surface area contributed by atoms with Gasteiger partial charge in [0.05, 0.1) is 22.3 Å². The topological polar surface area (TPSA) is 67.6 Å². The highest BCUT2D eigenvalue weighted by atomic mass is 32.2. The molecule has 1 aromatic heterocycles. The Kier molecular flexibility index (Phi) is 2.84. The summed E-state index contributed by atoms with van der Waals surface area (Å²) < 4.78 is 1.75. The van der Waals surface area contributed by atoms with Crippen molar-refractivity contribution in [1.82, 2.24) is 9.78 Å². The summed E-state index contributed by atoms with van der Waals surface area (Å²) in [7, 11) is 1.87. The van der Waals surface area contributed by atoms with Gasteiger partial charge in [0, 0.05) is 18.1 Å². The van der Waals surface area contributed by atoms with Crippen molar-refractivity contribution < 1.29 is 0 Å². The molecule has 0 fully saturated rings. The highest BCUT2D eigenvalue weighted by Gasteiger charge is 2.03. The van der Waals surface area contributed by atoms with Gasteiger partial charge in [0.2, 0.25) is 0 Å². The smallest absolute Gasteiger partial charge is 0.101 e. The van der Waals surface area contributed by atoms with Gasteiger partial charge in [-0.25, -0.2) is 0 Å². The molecule has 0 spiro atoms. The number of benzene rings is 1. The zero-order chi connectivity index (χ0) is 11.5. The fourth-order valence-electron chi connectivity index (χ4n) is 1.29. The summed E-state index contributed by atoms with van der Waals surface area (Å²) in [5.41, 5.74) is 6.75. The fourth-order valence-corrected chi connectivity index (χ4v) is 2.19. The van der Waals surface area contributed by atoms with E-state index in [2.05, 4.69) is 5.10 Å². The molecule has 1 heterocycles. The Balaban J connectivity index is 2.23. The zero-order valence-electron chi connectivity index (χ0n) is 8.71. The van der Waals surface area contributed by atoms with E-state index in [0.717, 1.165) is 9.79 Å². The van der Waals surface area contributed by atoms with Crippen LogP contribution in [0.1, 0.15) is 5.56 Å². The minimum absolute atomic E-state index is 0.510. The van der Waals surface area contributed by atoms with Crippen LogP contribution in [0.3, 0.4) is 0 Å². The Morgan fingerprint density at radius 1 is 1.44 bits per heavy atom. The number of rotatable bonds is 2. The van der Waals surface area contributed by atoms with E-state index in [0.29, 0.717) is 11.3 Å². The normalized spacial score (nSPS) is 10.0. The van der Waals surface area contributed by atoms with Crippen LogP contribution in [0, 0.1) is 11.3 Å². The first-order valence-electron chi connectivity index (χ1n) is 4.65. The SMILES string of the molecule is Cn1cc(Sc2ccc(C#N)c(N)c2)cn1. The first kappa shape index (κ1) is 10.6. The van der Waals surface area contributed by atoms with Crippen molar-refractivity contribution in [2.45, 2.75) is 9.79 Å². The molecule has 0 aliphatic rings. The first-order valence-corrected chi connectivity index (χ1v) is 5.47. The van der Waals surface area contributed by atoms with Gasteiger partial charge in [-0.3, -0.25) is 4.68 Å². The van der Waals surface area contributed by atoms with Crippen LogP contribution in [0.5, 0.6) is 0 Å². The van der Waals surface area contributed by atoms with Crippen LogP contribution in [-0.2, 0) is 7.05 Å². The maximum Gasteiger partial charge on any atom is 0.101 e. The predicted molar refractivity (Wildman–Crippen MR) is 62.9 cm³/mol. The number of aromatic nitrogens is 2. The fraction of sp³-hybridized carbons (Fsp3) is 0.0909. The van der Waals surface area contributed by atoms with E-state index in [1.165, 1.54) is 0 Å². The van der Waals surface area contributed by atoms with E-state index in [9.17, 15) is 0 Å². The van der Waals surface area contributed by atoms with Gasteiger partial charge in [0.1, 0.15) is 6.07 Å². The highest BCUT2D eigenvalue weighted by Crippen LogP contribution is 2.29. The molecule has 2 aromatic rings. The molecule has 0 unspecified atom stereocenters. The van der Waals surface area contributed by atoms with E-state index in [4.69, 9.17) is 11.0 Å². The molecule has 0 aliphatic heterocycles. The largest absolute Gasteiger partial charge is 0.398 e. The van der Waals surface area contributed by atoms with Gasteiger partial charge in [0.25, 0.3) is 0 Å². The molecule has 0 radical (unpaired) electrons. The van der Waals surface area contributed by atoms with Gasteiger partial charge >= 0.3 is 0 Å². The third-order valence-corrected chi connectivity index (χ3v) is 3.00. The lowest BCUT2D eigenvalue weighted by molar-refractivity contribution is 0.766. The second-order valence-electron chi connectivity index (χ2n) is 3.31. The van der Waals surface area contributed by atoms with Gasteiger partial charge in [-0.1, -0.05) is 11.8 Å². The standard InChI is InChI=1S/C11H10N4S/c1-15-7-10(6-14-15)16-9-3-2-8(5-12)11(13)4-9/h2-4,6-7H,13H2,1H3. The molecule has 0 saturated carbocycles. The summed E-state index contributed by atoms with van der Waals surface area (Å²) in [4.78, 5) is 2.05. The van der Waals surface area contributed by atoms with E-state index >= 15 is 0 Å². The second-order valence-corrected chi connectivity index (χ2v) is 4.46. The van der Waals surface area contributed by atoms with Crippen molar-refractivity contribution in [3.05, 3.63) is 36.2 Å². The van der Waals surface area contributed by atoms with Crippen molar-refractivity contribution in [3.8, 4) is 6.07 Å². The lowest BCUT2D eigenvalue weighted by Gasteiger charge is -2.01. The number of nitrogen functional groups attached to an aromatic ring is 1. The minimum atomic E-state index is 0.510. The molecule has 0 saturated heterocycles. The quantitative estimate of drug-likeness (QED) is 0.801. The van der Waals surface area contributed by atoms with Crippen LogP contribution in [0.4, 0.5) is 5.69 Å². The molecule has 0 amide bonds. The Labute approximate surface area is 97.7 Å². The van der Waals surface area contributed by atoms with E-state index in [1.54, 1.807) is 34.8 Å². The molecule has 1 aromatic carbocycles. The molecule has 5 heteroatoms. The van der Waals surface area contributed by atoms with Crippen LogP contribution >= 0.6 is 11.8 Å². The van der Waals surface area contributed by atoms with Gasteiger partial charge < -0.3 is 5.73 Å². The molecular formula is C11H10N4S. The summed E-state index contributed by atoms with van der Waals surface area (Å²) in [6.45, 7) is 0.